The molecule has 5 heteroatoms. The van der Waals surface area contributed by atoms with Gasteiger partial charge in [-0.25, -0.2) is 13.6 Å². The fraction of sp³-hybridized carbons (Fsp3) is 0.481. The van der Waals surface area contributed by atoms with Crippen molar-refractivity contribution in [3.63, 3.8) is 0 Å². The van der Waals surface area contributed by atoms with Crippen LogP contribution >= 0.6 is 0 Å². The largest absolute Gasteiger partial charge is 0.423 e. The fourth-order valence-corrected chi connectivity index (χ4v) is 4.55. The molecular weight excluding hydrogens is 408 g/mol. The fourth-order valence-electron chi connectivity index (χ4n) is 4.55. The van der Waals surface area contributed by atoms with Gasteiger partial charge in [0, 0.05) is 6.07 Å². The van der Waals surface area contributed by atoms with Gasteiger partial charge in [0.15, 0.2) is 0 Å². The Morgan fingerprint density at radius 1 is 1.00 bits per heavy atom. The zero-order valence-corrected chi connectivity index (χ0v) is 18.7. The maximum Gasteiger partial charge on any atom is 0.346 e. The van der Waals surface area contributed by atoms with Crippen LogP contribution in [-0.4, -0.2) is 5.97 Å². The van der Waals surface area contributed by atoms with E-state index in [1.807, 2.05) is 0 Å². The number of aryl methyl sites for hydroxylation is 1. The average molecular weight is 440 g/mol. The van der Waals surface area contributed by atoms with Crippen molar-refractivity contribution >= 4 is 5.97 Å². The predicted octanol–water partition coefficient (Wildman–Crippen LogP) is 7.37. The van der Waals surface area contributed by atoms with E-state index in [2.05, 4.69) is 6.92 Å². The van der Waals surface area contributed by atoms with Crippen LogP contribution in [0.25, 0.3) is 0 Å². The van der Waals surface area contributed by atoms with Crippen molar-refractivity contribution in [3.05, 3.63) is 64.7 Å². The standard InChI is InChI=1S/C27H31F2NO2/c1-2-3-4-5-19-6-8-20(9-7-19)10-11-21-12-15-24(26(29)16-21)27(31)32-23-14-13-22(18-30)25(28)17-23/h12-17,19-20H,2-11H2,1H3. The van der Waals surface area contributed by atoms with Crippen LogP contribution in [-0.2, 0) is 6.42 Å². The van der Waals surface area contributed by atoms with Crippen molar-refractivity contribution < 1.29 is 18.3 Å². The number of esters is 1. The number of unbranched alkanes of at least 4 members (excludes halogenated alkanes) is 2. The van der Waals surface area contributed by atoms with Gasteiger partial charge in [0.1, 0.15) is 23.5 Å². The normalized spacial score (nSPS) is 18.2. The molecule has 0 unspecified atom stereocenters. The lowest BCUT2D eigenvalue weighted by Crippen LogP contribution is -2.15. The molecule has 0 atom stereocenters. The summed E-state index contributed by atoms with van der Waals surface area (Å²) in [4.78, 5) is 12.3. The molecule has 1 fully saturated rings. The van der Waals surface area contributed by atoms with Gasteiger partial charge >= 0.3 is 5.97 Å². The highest BCUT2D eigenvalue weighted by atomic mass is 19.1. The van der Waals surface area contributed by atoms with Crippen molar-refractivity contribution in [3.8, 4) is 11.8 Å². The van der Waals surface area contributed by atoms with E-state index in [4.69, 9.17) is 10.00 Å². The van der Waals surface area contributed by atoms with E-state index in [0.29, 0.717) is 5.92 Å². The number of nitrogens with zero attached hydrogens (tertiary/aromatic N) is 1. The molecule has 170 valence electrons. The molecule has 0 heterocycles. The first-order valence-corrected chi connectivity index (χ1v) is 11.7. The maximum absolute atomic E-state index is 14.5. The highest BCUT2D eigenvalue weighted by molar-refractivity contribution is 5.91. The summed E-state index contributed by atoms with van der Waals surface area (Å²) in [6, 6.07) is 9.75. The number of hydrogen-bond acceptors (Lipinski definition) is 3. The minimum Gasteiger partial charge on any atom is -0.423 e. The molecule has 0 amide bonds. The van der Waals surface area contributed by atoms with E-state index in [0.717, 1.165) is 30.4 Å². The van der Waals surface area contributed by atoms with Crippen molar-refractivity contribution in [2.75, 3.05) is 0 Å². The van der Waals surface area contributed by atoms with Gasteiger partial charge in [0.05, 0.1) is 11.1 Å². The van der Waals surface area contributed by atoms with Crippen molar-refractivity contribution in [1.82, 2.24) is 0 Å². The second-order valence-corrected chi connectivity index (χ2v) is 8.88. The molecule has 0 aromatic heterocycles. The Hall–Kier alpha value is -2.74. The monoisotopic (exact) mass is 439 g/mol. The molecule has 0 bridgehead atoms. The topological polar surface area (TPSA) is 50.1 Å². The number of carbonyl (C=O) groups is 1. The van der Waals surface area contributed by atoms with Crippen molar-refractivity contribution in [2.24, 2.45) is 11.8 Å². The molecule has 2 aromatic carbocycles. The van der Waals surface area contributed by atoms with E-state index < -0.39 is 17.6 Å². The van der Waals surface area contributed by atoms with Crippen LogP contribution in [0.15, 0.2) is 36.4 Å². The smallest absolute Gasteiger partial charge is 0.346 e. The van der Waals surface area contributed by atoms with Gasteiger partial charge in [0.2, 0.25) is 0 Å². The molecule has 0 saturated heterocycles. The molecule has 0 N–H and O–H groups in total. The molecule has 3 nitrogen and oxygen atoms in total. The molecular formula is C27H31F2NO2. The van der Waals surface area contributed by atoms with Crippen LogP contribution in [0.1, 0.15) is 86.2 Å². The third-order valence-electron chi connectivity index (χ3n) is 6.55. The zero-order valence-electron chi connectivity index (χ0n) is 18.7. The average Bonchev–Trinajstić information content (AvgIpc) is 2.79. The minimum absolute atomic E-state index is 0.0692. The first-order valence-electron chi connectivity index (χ1n) is 11.7. The van der Waals surface area contributed by atoms with Crippen molar-refractivity contribution in [2.45, 2.75) is 71.1 Å². The van der Waals surface area contributed by atoms with E-state index in [1.165, 1.54) is 75.6 Å². The molecule has 0 radical (unpaired) electrons. The highest BCUT2D eigenvalue weighted by Crippen LogP contribution is 2.34. The summed E-state index contributed by atoms with van der Waals surface area (Å²) in [6.45, 7) is 2.24. The number of ether oxygens (including phenoxy) is 1. The lowest BCUT2D eigenvalue weighted by molar-refractivity contribution is 0.0729. The van der Waals surface area contributed by atoms with Gasteiger partial charge in [-0.05, 0) is 54.5 Å². The van der Waals surface area contributed by atoms with Crippen LogP contribution in [0.4, 0.5) is 8.78 Å². The molecule has 3 rings (SSSR count). The Kier molecular flexibility index (Phi) is 8.79. The van der Waals surface area contributed by atoms with Gasteiger partial charge < -0.3 is 4.74 Å². The number of hydrogen-bond donors (Lipinski definition) is 0. The summed E-state index contributed by atoms with van der Waals surface area (Å²) in [7, 11) is 0. The molecule has 0 spiro atoms. The van der Waals surface area contributed by atoms with Crippen molar-refractivity contribution in [1.29, 1.82) is 5.26 Å². The Morgan fingerprint density at radius 3 is 2.34 bits per heavy atom. The Labute approximate surface area is 189 Å². The van der Waals surface area contributed by atoms with Gasteiger partial charge in [-0.1, -0.05) is 64.4 Å². The third-order valence-corrected chi connectivity index (χ3v) is 6.55. The highest BCUT2D eigenvalue weighted by Gasteiger charge is 2.21. The minimum atomic E-state index is -0.889. The summed E-state index contributed by atoms with van der Waals surface area (Å²) < 4.78 is 33.3. The van der Waals surface area contributed by atoms with E-state index in [9.17, 15) is 13.6 Å². The summed E-state index contributed by atoms with van der Waals surface area (Å²) in [6.07, 6.45) is 12.3. The molecule has 1 aliphatic carbocycles. The summed E-state index contributed by atoms with van der Waals surface area (Å²) >= 11 is 0. The Bertz CT molecular complexity index is 959. The predicted molar refractivity (Wildman–Crippen MR) is 120 cm³/mol. The first kappa shape index (κ1) is 23.9. The molecule has 32 heavy (non-hydrogen) atoms. The molecule has 1 saturated carbocycles. The summed E-state index contributed by atoms with van der Waals surface area (Å²) in [5.74, 6) is -0.814. The number of halogens is 2. The van der Waals surface area contributed by atoms with Gasteiger partial charge in [0.25, 0.3) is 0 Å². The first-order chi connectivity index (χ1) is 15.5. The maximum atomic E-state index is 14.5. The Balaban J connectivity index is 1.49. The van der Waals surface area contributed by atoms with Gasteiger partial charge in [-0.3, -0.25) is 0 Å². The van der Waals surface area contributed by atoms with Crippen LogP contribution in [0, 0.1) is 34.8 Å². The number of benzene rings is 2. The molecule has 2 aromatic rings. The van der Waals surface area contributed by atoms with Crippen LogP contribution in [0.3, 0.4) is 0 Å². The Morgan fingerprint density at radius 2 is 1.72 bits per heavy atom. The van der Waals surface area contributed by atoms with E-state index in [1.54, 1.807) is 12.1 Å². The van der Waals surface area contributed by atoms with Gasteiger partial charge in [-0.15, -0.1) is 0 Å². The quantitative estimate of drug-likeness (QED) is 0.233. The van der Waals surface area contributed by atoms with Crippen LogP contribution < -0.4 is 4.74 Å². The van der Waals surface area contributed by atoms with E-state index in [-0.39, 0.29) is 16.9 Å². The van der Waals surface area contributed by atoms with Crippen LogP contribution in [0.5, 0.6) is 5.75 Å². The second-order valence-electron chi connectivity index (χ2n) is 8.88. The lowest BCUT2D eigenvalue weighted by Gasteiger charge is -2.28. The number of nitriles is 1. The lowest BCUT2D eigenvalue weighted by atomic mass is 9.78. The van der Waals surface area contributed by atoms with Crippen LogP contribution in [0.2, 0.25) is 0 Å². The molecule has 1 aliphatic rings. The molecule has 0 aliphatic heterocycles. The summed E-state index contributed by atoms with van der Waals surface area (Å²) in [5.41, 5.74) is 0.532. The number of rotatable bonds is 9. The third kappa shape index (κ3) is 6.63. The van der Waals surface area contributed by atoms with Gasteiger partial charge in [-0.2, -0.15) is 5.26 Å². The second kappa shape index (κ2) is 11.8. The van der Waals surface area contributed by atoms with E-state index >= 15 is 0 Å². The SMILES string of the molecule is CCCCCC1CCC(CCc2ccc(C(=O)Oc3ccc(C#N)c(F)c3)c(F)c2)CC1. The zero-order chi connectivity index (χ0) is 22.9. The number of carbonyl (C=O) groups excluding carboxylic acids is 1. The summed E-state index contributed by atoms with van der Waals surface area (Å²) in [5, 5.41) is 8.76.